The maximum atomic E-state index is 5.41. The highest BCUT2D eigenvalue weighted by Crippen LogP contribution is 2.26. The van der Waals surface area contributed by atoms with Gasteiger partial charge in [-0.3, -0.25) is 4.90 Å². The molecule has 1 aliphatic rings. The molecule has 1 aromatic carbocycles. The third-order valence-electron chi connectivity index (χ3n) is 4.46. The van der Waals surface area contributed by atoms with Crippen molar-refractivity contribution in [3.8, 4) is 0 Å². The van der Waals surface area contributed by atoms with Crippen LogP contribution >= 0.6 is 0 Å². The van der Waals surface area contributed by atoms with Crippen LogP contribution < -0.4 is 0 Å². The van der Waals surface area contributed by atoms with Crippen molar-refractivity contribution in [2.75, 3.05) is 13.1 Å². The van der Waals surface area contributed by atoms with E-state index in [0.29, 0.717) is 24.8 Å². The molecule has 1 aliphatic heterocycles. The molecule has 4 rings (SSSR count). The molecule has 7 heteroatoms. The molecule has 0 saturated carbocycles. The second-order valence-corrected chi connectivity index (χ2v) is 6.29. The molecular weight excluding hydrogens is 304 g/mol. The van der Waals surface area contributed by atoms with E-state index in [0.717, 1.165) is 31.2 Å². The van der Waals surface area contributed by atoms with Crippen LogP contribution in [-0.2, 0) is 20.0 Å². The first-order valence-corrected chi connectivity index (χ1v) is 8.19. The van der Waals surface area contributed by atoms with E-state index in [1.807, 2.05) is 29.8 Å². The lowest BCUT2D eigenvalue weighted by Crippen LogP contribution is -2.20. The summed E-state index contributed by atoms with van der Waals surface area (Å²) in [5.41, 5.74) is 1.19. The maximum absolute atomic E-state index is 5.41. The summed E-state index contributed by atoms with van der Waals surface area (Å²) in [6.45, 7) is 2.65. The molecule has 0 aliphatic carbocycles. The van der Waals surface area contributed by atoms with Crippen molar-refractivity contribution in [1.29, 1.82) is 0 Å². The molecule has 7 nitrogen and oxygen atoms in total. The van der Waals surface area contributed by atoms with Crippen LogP contribution in [-0.4, -0.2) is 42.9 Å². The van der Waals surface area contributed by atoms with Crippen LogP contribution in [0.2, 0.25) is 0 Å². The summed E-state index contributed by atoms with van der Waals surface area (Å²) in [7, 11) is 1.99. The highest BCUT2D eigenvalue weighted by atomic mass is 16.5. The van der Waals surface area contributed by atoms with E-state index in [1.165, 1.54) is 5.56 Å². The summed E-state index contributed by atoms with van der Waals surface area (Å²) in [6.07, 6.45) is 3.54. The van der Waals surface area contributed by atoms with E-state index in [1.54, 1.807) is 6.33 Å². The molecular formula is C17H20N6O. The van der Waals surface area contributed by atoms with Crippen molar-refractivity contribution in [3.05, 3.63) is 59.8 Å². The Balaban J connectivity index is 1.36. The van der Waals surface area contributed by atoms with Gasteiger partial charge in [0.15, 0.2) is 5.82 Å². The summed E-state index contributed by atoms with van der Waals surface area (Å²) in [6, 6.07) is 10.2. The molecule has 0 bridgehead atoms. The van der Waals surface area contributed by atoms with Crippen molar-refractivity contribution in [2.24, 2.45) is 7.05 Å². The van der Waals surface area contributed by atoms with Crippen molar-refractivity contribution in [3.63, 3.8) is 0 Å². The van der Waals surface area contributed by atoms with Gasteiger partial charge in [0, 0.05) is 25.9 Å². The number of hydrogen-bond acceptors (Lipinski definition) is 6. The number of hydrogen-bond donors (Lipinski definition) is 0. The zero-order valence-corrected chi connectivity index (χ0v) is 13.7. The van der Waals surface area contributed by atoms with Crippen LogP contribution in [0.1, 0.15) is 35.4 Å². The first-order chi connectivity index (χ1) is 11.8. The van der Waals surface area contributed by atoms with Gasteiger partial charge in [0.05, 0.1) is 6.54 Å². The van der Waals surface area contributed by atoms with Crippen LogP contribution in [0.5, 0.6) is 0 Å². The van der Waals surface area contributed by atoms with Gasteiger partial charge in [-0.05, 0) is 18.5 Å². The molecule has 1 unspecified atom stereocenters. The van der Waals surface area contributed by atoms with E-state index < -0.39 is 0 Å². The summed E-state index contributed by atoms with van der Waals surface area (Å²) >= 11 is 0. The Morgan fingerprint density at radius 1 is 1.25 bits per heavy atom. The molecule has 0 spiro atoms. The maximum Gasteiger partial charge on any atom is 0.240 e. The van der Waals surface area contributed by atoms with Gasteiger partial charge >= 0.3 is 0 Å². The topological polar surface area (TPSA) is 72.9 Å². The molecule has 1 fully saturated rings. The van der Waals surface area contributed by atoms with Gasteiger partial charge in [0.1, 0.15) is 12.2 Å². The average Bonchev–Trinajstić information content (AvgIpc) is 3.31. The molecule has 3 heterocycles. The molecule has 1 atom stereocenters. The average molecular weight is 324 g/mol. The lowest BCUT2D eigenvalue weighted by atomic mass is 10.1. The highest BCUT2D eigenvalue weighted by Gasteiger charge is 2.28. The minimum Gasteiger partial charge on any atom is -0.338 e. The largest absolute Gasteiger partial charge is 0.338 e. The molecule has 0 amide bonds. The first kappa shape index (κ1) is 15.0. The number of aromatic nitrogens is 5. The Labute approximate surface area is 140 Å². The number of benzene rings is 1. The Hall–Kier alpha value is -2.54. The van der Waals surface area contributed by atoms with Crippen LogP contribution in [0.3, 0.4) is 0 Å². The first-order valence-electron chi connectivity index (χ1n) is 8.19. The Morgan fingerprint density at radius 2 is 2.12 bits per heavy atom. The molecule has 3 aromatic rings. The molecule has 24 heavy (non-hydrogen) atoms. The van der Waals surface area contributed by atoms with Gasteiger partial charge in [0.25, 0.3) is 0 Å². The summed E-state index contributed by atoms with van der Waals surface area (Å²) in [4.78, 5) is 6.85. The van der Waals surface area contributed by atoms with Gasteiger partial charge in [-0.25, -0.2) is 0 Å². The molecule has 2 aromatic heterocycles. The van der Waals surface area contributed by atoms with Crippen LogP contribution in [0.4, 0.5) is 0 Å². The van der Waals surface area contributed by atoms with E-state index in [4.69, 9.17) is 4.52 Å². The Kier molecular flexibility index (Phi) is 4.08. The zero-order chi connectivity index (χ0) is 16.4. The van der Waals surface area contributed by atoms with Gasteiger partial charge in [-0.1, -0.05) is 35.5 Å². The number of nitrogens with zero attached hydrogens (tertiary/aromatic N) is 6. The van der Waals surface area contributed by atoms with Crippen LogP contribution in [0.15, 0.2) is 41.2 Å². The second-order valence-electron chi connectivity index (χ2n) is 6.29. The lowest BCUT2D eigenvalue weighted by molar-refractivity contribution is 0.264. The lowest BCUT2D eigenvalue weighted by Gasteiger charge is -2.12. The number of aryl methyl sites for hydroxylation is 1. The normalized spacial score (nSPS) is 18.3. The van der Waals surface area contributed by atoms with Crippen molar-refractivity contribution >= 4 is 0 Å². The van der Waals surface area contributed by atoms with Crippen LogP contribution in [0, 0.1) is 0 Å². The predicted octanol–water partition coefficient (Wildman–Crippen LogP) is 1.78. The quantitative estimate of drug-likeness (QED) is 0.712. The zero-order valence-electron chi connectivity index (χ0n) is 13.7. The summed E-state index contributed by atoms with van der Waals surface area (Å²) in [5, 5.41) is 12.3. The summed E-state index contributed by atoms with van der Waals surface area (Å²) in [5.74, 6) is 2.89. The monoisotopic (exact) mass is 324 g/mol. The van der Waals surface area contributed by atoms with E-state index in [-0.39, 0.29) is 0 Å². The minimum absolute atomic E-state index is 0.421. The van der Waals surface area contributed by atoms with Crippen molar-refractivity contribution in [2.45, 2.75) is 25.3 Å². The van der Waals surface area contributed by atoms with E-state index in [9.17, 15) is 0 Å². The third kappa shape index (κ3) is 3.21. The van der Waals surface area contributed by atoms with Crippen molar-refractivity contribution < 1.29 is 4.52 Å². The SMILES string of the molecule is Cn1cnnc1C1CCN(Cc2nc(Cc3ccccc3)no2)C1. The minimum atomic E-state index is 0.421. The highest BCUT2D eigenvalue weighted by molar-refractivity contribution is 5.18. The van der Waals surface area contributed by atoms with E-state index >= 15 is 0 Å². The van der Waals surface area contributed by atoms with Gasteiger partial charge in [-0.2, -0.15) is 4.98 Å². The van der Waals surface area contributed by atoms with Crippen LogP contribution in [0.25, 0.3) is 0 Å². The summed E-state index contributed by atoms with van der Waals surface area (Å²) < 4.78 is 7.41. The fourth-order valence-electron chi connectivity index (χ4n) is 3.24. The molecule has 1 saturated heterocycles. The Bertz CT molecular complexity index is 796. The smallest absolute Gasteiger partial charge is 0.240 e. The third-order valence-corrected chi connectivity index (χ3v) is 4.46. The van der Waals surface area contributed by atoms with Crippen molar-refractivity contribution in [1.82, 2.24) is 29.8 Å². The number of likely N-dealkylation sites (tertiary alicyclic amines) is 1. The fourth-order valence-corrected chi connectivity index (χ4v) is 3.24. The van der Waals surface area contributed by atoms with Gasteiger partial charge < -0.3 is 9.09 Å². The molecule has 0 radical (unpaired) electrons. The van der Waals surface area contributed by atoms with Gasteiger partial charge in [-0.15, -0.1) is 10.2 Å². The van der Waals surface area contributed by atoms with Gasteiger partial charge in [0.2, 0.25) is 5.89 Å². The molecule has 0 N–H and O–H groups in total. The Morgan fingerprint density at radius 3 is 2.92 bits per heavy atom. The second kappa shape index (κ2) is 6.52. The standard InChI is InChI=1S/C17H20N6O/c1-22-12-18-20-17(22)14-7-8-23(10-14)11-16-19-15(21-24-16)9-13-5-3-2-4-6-13/h2-6,12,14H,7-11H2,1H3. The predicted molar refractivity (Wildman–Crippen MR) is 87.2 cm³/mol. The fraction of sp³-hybridized carbons (Fsp3) is 0.412. The van der Waals surface area contributed by atoms with E-state index in [2.05, 4.69) is 37.4 Å². The number of rotatable bonds is 5. The molecule has 124 valence electrons.